The Bertz CT molecular complexity index is 1130. The fourth-order valence-electron chi connectivity index (χ4n) is 4.71. The van der Waals surface area contributed by atoms with Gasteiger partial charge in [0.25, 0.3) is 11.8 Å². The minimum atomic E-state index is -1.43. The third kappa shape index (κ3) is 4.39. The van der Waals surface area contributed by atoms with E-state index < -0.39 is 23.6 Å². The minimum absolute atomic E-state index is 0.0319. The molecule has 3 N–H and O–H groups in total. The van der Waals surface area contributed by atoms with Crippen molar-refractivity contribution >= 4 is 17.8 Å². The van der Waals surface area contributed by atoms with Crippen LogP contribution in [0.1, 0.15) is 54.6 Å². The van der Waals surface area contributed by atoms with E-state index in [1.54, 1.807) is 29.2 Å². The summed E-state index contributed by atoms with van der Waals surface area (Å²) in [5.41, 5.74) is 1.48. The van der Waals surface area contributed by atoms with Crippen LogP contribution in [0.2, 0.25) is 0 Å². The zero-order chi connectivity index (χ0) is 24.5. The number of nitrogens with zero attached hydrogens (tertiary/aromatic N) is 2. The van der Waals surface area contributed by atoms with E-state index in [0.717, 1.165) is 36.8 Å². The standard InChI is InChI=1S/C26H28N4O4/c1-26(24(33)28-25(34)29-26)22(31)19-9-5-17(6-10-19)18-7-11-20(12-8-18)23(32)30(2)21-13-3-16(15-27)4-14-21/h5-12,16,21-22,31H,3-4,13-14H2,1-2H3,(H2,28,29,33,34). The predicted molar refractivity (Wildman–Crippen MR) is 125 cm³/mol. The highest BCUT2D eigenvalue weighted by Crippen LogP contribution is 2.31. The van der Waals surface area contributed by atoms with Crippen molar-refractivity contribution in [1.29, 1.82) is 5.26 Å². The molecular formula is C26H28N4O4. The Balaban J connectivity index is 1.43. The molecule has 0 radical (unpaired) electrons. The Labute approximate surface area is 198 Å². The number of amides is 4. The van der Waals surface area contributed by atoms with Gasteiger partial charge in [0.2, 0.25) is 0 Å². The maximum atomic E-state index is 12.9. The lowest BCUT2D eigenvalue weighted by atomic mass is 9.86. The first kappa shape index (κ1) is 23.5. The van der Waals surface area contributed by atoms with Crippen molar-refractivity contribution < 1.29 is 19.5 Å². The quantitative estimate of drug-likeness (QED) is 0.592. The van der Waals surface area contributed by atoms with Crippen molar-refractivity contribution in [2.75, 3.05) is 7.05 Å². The van der Waals surface area contributed by atoms with Gasteiger partial charge in [-0.1, -0.05) is 36.4 Å². The molecule has 1 aliphatic carbocycles. The maximum absolute atomic E-state index is 12.9. The molecule has 0 bridgehead atoms. The van der Waals surface area contributed by atoms with E-state index in [-0.39, 0.29) is 17.9 Å². The van der Waals surface area contributed by atoms with Gasteiger partial charge in [-0.2, -0.15) is 5.26 Å². The molecule has 2 aliphatic rings. The highest BCUT2D eigenvalue weighted by atomic mass is 16.3. The maximum Gasteiger partial charge on any atom is 0.322 e. The van der Waals surface area contributed by atoms with Gasteiger partial charge in [-0.3, -0.25) is 14.9 Å². The fourth-order valence-corrected chi connectivity index (χ4v) is 4.71. The summed E-state index contributed by atoms with van der Waals surface area (Å²) in [5, 5.41) is 24.4. The largest absolute Gasteiger partial charge is 0.385 e. The second-order valence-electron chi connectivity index (χ2n) is 9.26. The highest BCUT2D eigenvalue weighted by Gasteiger charge is 2.48. The topological polar surface area (TPSA) is 123 Å². The predicted octanol–water partition coefficient (Wildman–Crippen LogP) is 3.14. The minimum Gasteiger partial charge on any atom is -0.385 e. The lowest BCUT2D eigenvalue weighted by molar-refractivity contribution is -0.127. The molecule has 2 atom stereocenters. The Morgan fingerprint density at radius 3 is 2.12 bits per heavy atom. The van der Waals surface area contributed by atoms with Crippen molar-refractivity contribution in [3.8, 4) is 17.2 Å². The van der Waals surface area contributed by atoms with Crippen LogP contribution in [0, 0.1) is 17.2 Å². The van der Waals surface area contributed by atoms with Gasteiger partial charge in [0.1, 0.15) is 11.6 Å². The zero-order valence-electron chi connectivity index (χ0n) is 19.2. The second kappa shape index (κ2) is 9.27. The van der Waals surface area contributed by atoms with Crippen LogP contribution < -0.4 is 10.6 Å². The Morgan fingerprint density at radius 1 is 1.06 bits per heavy atom. The average molecular weight is 461 g/mol. The number of rotatable bonds is 5. The van der Waals surface area contributed by atoms with Gasteiger partial charge in [0, 0.05) is 24.6 Å². The molecule has 2 aromatic carbocycles. The van der Waals surface area contributed by atoms with Crippen LogP contribution in [0.15, 0.2) is 48.5 Å². The van der Waals surface area contributed by atoms with E-state index in [4.69, 9.17) is 5.26 Å². The Kier molecular flexibility index (Phi) is 6.40. The van der Waals surface area contributed by atoms with E-state index in [1.807, 2.05) is 31.3 Å². The van der Waals surface area contributed by atoms with Gasteiger partial charge < -0.3 is 15.3 Å². The van der Waals surface area contributed by atoms with E-state index in [2.05, 4.69) is 16.7 Å². The normalized spacial score (nSPS) is 25.1. The number of aliphatic hydroxyl groups excluding tert-OH is 1. The molecule has 8 nitrogen and oxygen atoms in total. The molecule has 1 aliphatic heterocycles. The summed E-state index contributed by atoms with van der Waals surface area (Å²) in [5.74, 6) is -0.503. The highest BCUT2D eigenvalue weighted by molar-refractivity contribution is 6.07. The lowest BCUT2D eigenvalue weighted by Crippen LogP contribution is -2.49. The van der Waals surface area contributed by atoms with Crippen LogP contribution in [0.4, 0.5) is 4.79 Å². The SMILES string of the molecule is CN(C(=O)c1ccc(-c2ccc(C(O)C3(C)NC(=O)NC3=O)cc2)cc1)C1CCC(C#N)CC1. The van der Waals surface area contributed by atoms with Crippen LogP contribution in [-0.2, 0) is 4.79 Å². The van der Waals surface area contributed by atoms with E-state index in [9.17, 15) is 19.5 Å². The third-order valence-electron chi connectivity index (χ3n) is 7.06. The number of carbonyl (C=O) groups is 3. The number of aliphatic hydroxyl groups is 1. The zero-order valence-corrected chi connectivity index (χ0v) is 19.2. The summed E-state index contributed by atoms with van der Waals surface area (Å²) in [6.45, 7) is 1.48. The number of nitriles is 1. The van der Waals surface area contributed by atoms with Crippen molar-refractivity contribution in [3.63, 3.8) is 0 Å². The van der Waals surface area contributed by atoms with E-state index in [0.29, 0.717) is 11.1 Å². The van der Waals surface area contributed by atoms with Crippen LogP contribution in [0.25, 0.3) is 11.1 Å². The van der Waals surface area contributed by atoms with Crippen LogP contribution in [-0.4, -0.2) is 46.5 Å². The molecule has 4 rings (SSSR count). The summed E-state index contributed by atoms with van der Waals surface area (Å²) in [4.78, 5) is 38.3. The summed E-state index contributed by atoms with van der Waals surface area (Å²) in [7, 11) is 1.82. The molecule has 4 amide bonds. The lowest BCUT2D eigenvalue weighted by Gasteiger charge is -2.32. The molecule has 8 heteroatoms. The molecule has 1 heterocycles. The van der Waals surface area contributed by atoms with Gasteiger partial charge in [0.15, 0.2) is 0 Å². The molecule has 0 spiro atoms. The number of hydrogen-bond donors (Lipinski definition) is 3. The molecular weight excluding hydrogens is 432 g/mol. The van der Waals surface area contributed by atoms with Crippen LogP contribution >= 0.6 is 0 Å². The summed E-state index contributed by atoms with van der Waals surface area (Å²) >= 11 is 0. The van der Waals surface area contributed by atoms with Gasteiger partial charge in [-0.15, -0.1) is 0 Å². The molecule has 2 unspecified atom stereocenters. The second-order valence-corrected chi connectivity index (χ2v) is 9.26. The molecule has 1 saturated heterocycles. The Hall–Kier alpha value is -3.70. The van der Waals surface area contributed by atoms with Crippen LogP contribution in [0.5, 0.6) is 0 Å². The van der Waals surface area contributed by atoms with Gasteiger partial charge in [0.05, 0.1) is 6.07 Å². The van der Waals surface area contributed by atoms with Gasteiger partial charge >= 0.3 is 6.03 Å². The molecule has 34 heavy (non-hydrogen) atoms. The molecule has 2 fully saturated rings. The monoisotopic (exact) mass is 460 g/mol. The molecule has 0 aromatic heterocycles. The smallest absolute Gasteiger partial charge is 0.322 e. The fraction of sp³-hybridized carbons (Fsp3) is 0.385. The number of urea groups is 1. The Morgan fingerprint density at radius 2 is 1.62 bits per heavy atom. The van der Waals surface area contributed by atoms with Crippen molar-refractivity contribution in [1.82, 2.24) is 15.5 Å². The number of hydrogen-bond acceptors (Lipinski definition) is 5. The van der Waals surface area contributed by atoms with E-state index in [1.165, 1.54) is 6.92 Å². The van der Waals surface area contributed by atoms with Crippen molar-refractivity contribution in [3.05, 3.63) is 59.7 Å². The molecule has 176 valence electrons. The van der Waals surface area contributed by atoms with Crippen molar-refractivity contribution in [2.45, 2.75) is 50.3 Å². The first-order valence-electron chi connectivity index (χ1n) is 11.4. The summed E-state index contributed by atoms with van der Waals surface area (Å²) in [6, 6.07) is 16.3. The first-order valence-corrected chi connectivity index (χ1v) is 11.4. The van der Waals surface area contributed by atoms with Crippen molar-refractivity contribution in [2.24, 2.45) is 5.92 Å². The third-order valence-corrected chi connectivity index (χ3v) is 7.06. The van der Waals surface area contributed by atoms with Gasteiger partial charge in [-0.05, 0) is 61.4 Å². The number of imide groups is 1. The number of nitrogens with one attached hydrogen (secondary N) is 2. The molecule has 2 aromatic rings. The molecule has 1 saturated carbocycles. The van der Waals surface area contributed by atoms with Crippen LogP contribution in [0.3, 0.4) is 0 Å². The first-order chi connectivity index (χ1) is 16.2. The summed E-state index contributed by atoms with van der Waals surface area (Å²) < 4.78 is 0. The number of benzene rings is 2. The van der Waals surface area contributed by atoms with Gasteiger partial charge in [-0.25, -0.2) is 4.79 Å². The average Bonchev–Trinajstić information content (AvgIpc) is 3.14. The summed E-state index contributed by atoms with van der Waals surface area (Å²) in [6.07, 6.45) is 2.16. The van der Waals surface area contributed by atoms with E-state index >= 15 is 0 Å². The number of carbonyl (C=O) groups excluding carboxylic acids is 3.